The van der Waals surface area contributed by atoms with Gasteiger partial charge in [-0.2, -0.15) is 0 Å². The highest BCUT2D eigenvalue weighted by molar-refractivity contribution is 9.40. The number of rotatable bonds is 16. The standard InChI is InChI=1S/C8H22O3S4Si.C8H20O3Si.2H3N/c1-5-9-16(10-6-2,11-7-3)15(13,8-4)14-12;1-5-9-12(8-4,10-6-2)11-7-3;;/h12-13H,5-8H2,1-4H3;5-8H2,1-4H3;2*1H3. The third-order valence-corrected chi connectivity index (χ3v) is 26.6. The zero-order valence-electron chi connectivity index (χ0n) is 20.2. The van der Waals surface area contributed by atoms with Crippen molar-refractivity contribution in [3.8, 4) is 0 Å². The number of hydrogen-bond donors (Lipinski definition) is 4. The highest BCUT2D eigenvalue weighted by atomic mass is 33.8. The normalized spacial score (nSPS) is 14.5. The Labute approximate surface area is 202 Å². The molecular weight excluding hydrogens is 501 g/mol. The van der Waals surface area contributed by atoms with Crippen molar-refractivity contribution in [3.63, 3.8) is 0 Å². The van der Waals surface area contributed by atoms with Crippen molar-refractivity contribution in [1.29, 1.82) is 0 Å². The monoisotopic (exact) mass is 548 g/mol. The van der Waals surface area contributed by atoms with Gasteiger partial charge in [0, 0.05) is 45.7 Å². The van der Waals surface area contributed by atoms with Crippen LogP contribution in [0.15, 0.2) is 0 Å². The predicted molar refractivity (Wildman–Crippen MR) is 145 cm³/mol. The lowest BCUT2D eigenvalue weighted by molar-refractivity contribution is 0.0725. The van der Waals surface area contributed by atoms with Gasteiger partial charge < -0.3 is 38.9 Å². The fraction of sp³-hybridized carbons (Fsp3) is 1.00. The maximum Gasteiger partial charge on any atom is 0.575 e. The van der Waals surface area contributed by atoms with Crippen LogP contribution in [0.3, 0.4) is 0 Å². The van der Waals surface area contributed by atoms with Crippen LogP contribution in [0, 0.1) is 0 Å². The molecule has 1 atom stereocenters. The van der Waals surface area contributed by atoms with E-state index in [9.17, 15) is 0 Å². The SMILES string of the molecule is CCO[Si](CC)(OCC)OCC.CCO[Si](OCC)(OCC)S(S)(CC)SS.N.N. The second-order valence-electron chi connectivity index (χ2n) is 5.14. The largest absolute Gasteiger partial charge is 0.575 e. The van der Waals surface area contributed by atoms with E-state index in [0.717, 1.165) is 11.8 Å². The van der Waals surface area contributed by atoms with Gasteiger partial charge in [-0.1, -0.05) is 21.4 Å². The molecule has 0 saturated carbocycles. The summed E-state index contributed by atoms with van der Waals surface area (Å²) in [6, 6.07) is 0.850. The molecule has 14 heteroatoms. The third-order valence-electron chi connectivity index (χ3n) is 3.39. The second kappa shape index (κ2) is 22.3. The number of hydrogen-bond acceptors (Lipinski definition) is 11. The quantitative estimate of drug-likeness (QED) is 0.103. The Balaban J connectivity index is -0.000000219. The molecule has 0 heterocycles. The van der Waals surface area contributed by atoms with E-state index >= 15 is 0 Å². The van der Waals surface area contributed by atoms with Gasteiger partial charge in [0.05, 0.1) is 0 Å². The van der Waals surface area contributed by atoms with Gasteiger partial charge in [0.15, 0.2) is 0 Å². The summed E-state index contributed by atoms with van der Waals surface area (Å²) < 4.78 is 34.2. The van der Waals surface area contributed by atoms with Crippen LogP contribution in [-0.2, 0) is 26.6 Å². The van der Waals surface area contributed by atoms with Gasteiger partial charge in [0.1, 0.15) is 0 Å². The Morgan fingerprint density at radius 3 is 1.10 bits per heavy atom. The topological polar surface area (TPSA) is 125 Å². The first-order valence-electron chi connectivity index (χ1n) is 9.99. The molecule has 30 heavy (non-hydrogen) atoms. The van der Waals surface area contributed by atoms with Gasteiger partial charge in [-0.3, -0.25) is 0 Å². The van der Waals surface area contributed by atoms with Crippen LogP contribution in [-0.4, -0.2) is 62.2 Å². The summed E-state index contributed by atoms with van der Waals surface area (Å²) in [5.74, 6) is 0.858. The van der Waals surface area contributed by atoms with E-state index in [0.29, 0.717) is 39.6 Å². The molecule has 0 saturated heterocycles. The zero-order valence-corrected chi connectivity index (χ0v) is 25.7. The molecule has 0 radical (unpaired) electrons. The van der Waals surface area contributed by atoms with E-state index in [1.165, 1.54) is 9.83 Å². The van der Waals surface area contributed by atoms with Crippen molar-refractivity contribution in [2.24, 2.45) is 0 Å². The second-order valence-corrected chi connectivity index (χ2v) is 23.6. The van der Waals surface area contributed by atoms with Crippen LogP contribution < -0.4 is 12.3 Å². The molecular formula is C16H48N2O6S4Si2. The highest BCUT2D eigenvalue weighted by Crippen LogP contribution is 2.72. The van der Waals surface area contributed by atoms with Crippen LogP contribution in [0.5, 0.6) is 0 Å². The smallest absolute Gasteiger partial charge is 0.374 e. The Morgan fingerprint density at radius 2 is 0.933 bits per heavy atom. The van der Waals surface area contributed by atoms with Crippen molar-refractivity contribution in [2.75, 3.05) is 45.4 Å². The molecule has 0 aromatic rings. The molecule has 1 unspecified atom stereocenters. The first-order chi connectivity index (χ1) is 13.3. The van der Waals surface area contributed by atoms with Gasteiger partial charge in [0.2, 0.25) is 0 Å². The predicted octanol–water partition coefficient (Wildman–Crippen LogP) is 6.07. The van der Waals surface area contributed by atoms with Crippen LogP contribution in [0.4, 0.5) is 0 Å². The van der Waals surface area contributed by atoms with Gasteiger partial charge in [-0.05, 0) is 57.1 Å². The molecule has 0 spiro atoms. The van der Waals surface area contributed by atoms with E-state index in [1.807, 2.05) is 48.5 Å². The first-order valence-corrected chi connectivity index (χ1v) is 19.6. The molecule has 0 amide bonds. The highest BCUT2D eigenvalue weighted by Gasteiger charge is 2.56. The van der Waals surface area contributed by atoms with Gasteiger partial charge in [-0.25, -0.2) is 0 Å². The van der Waals surface area contributed by atoms with Crippen LogP contribution in [0.1, 0.15) is 55.4 Å². The zero-order chi connectivity index (χ0) is 22.1. The minimum atomic E-state index is -2.72. The average Bonchev–Trinajstić information content (AvgIpc) is 2.68. The molecule has 0 aromatic carbocycles. The molecule has 6 N–H and O–H groups in total. The third kappa shape index (κ3) is 12.7. The Hall–Kier alpha value is 1.51. The summed E-state index contributed by atoms with van der Waals surface area (Å²) in [5, 5.41) is 0. The van der Waals surface area contributed by atoms with E-state index in [1.54, 1.807) is 0 Å². The van der Waals surface area contributed by atoms with Gasteiger partial charge in [-0.15, -0.1) is 23.3 Å². The molecule has 0 fully saturated rings. The maximum atomic E-state index is 5.84. The molecule has 0 rings (SSSR count). The van der Waals surface area contributed by atoms with E-state index < -0.39 is 24.3 Å². The summed E-state index contributed by atoms with van der Waals surface area (Å²) in [7, 11) is -5.01. The summed E-state index contributed by atoms with van der Waals surface area (Å²) in [5.41, 5.74) is 0. The average molecular weight is 549 g/mol. The van der Waals surface area contributed by atoms with Gasteiger partial charge in [0.25, 0.3) is 0 Å². The van der Waals surface area contributed by atoms with Crippen molar-refractivity contribution < 1.29 is 26.6 Å². The van der Waals surface area contributed by atoms with Crippen molar-refractivity contribution in [3.05, 3.63) is 0 Å². The fourth-order valence-electron chi connectivity index (χ4n) is 2.30. The van der Waals surface area contributed by atoms with E-state index in [-0.39, 0.29) is 12.3 Å². The number of thiol groups is 2. The van der Waals surface area contributed by atoms with Crippen LogP contribution >= 0.6 is 40.7 Å². The maximum absolute atomic E-state index is 5.84. The Kier molecular flexibility index (Phi) is 28.8. The molecule has 0 aliphatic rings. The lowest BCUT2D eigenvalue weighted by Crippen LogP contribution is -2.48. The summed E-state index contributed by atoms with van der Waals surface area (Å²) in [6.07, 6.45) is 0. The molecule has 0 bridgehead atoms. The lowest BCUT2D eigenvalue weighted by Gasteiger charge is -2.43. The van der Waals surface area contributed by atoms with E-state index in [2.05, 4.69) is 18.6 Å². The summed E-state index contributed by atoms with van der Waals surface area (Å²) in [6.45, 7) is 19.6. The minimum absolute atomic E-state index is 0. The van der Waals surface area contributed by atoms with Crippen molar-refractivity contribution >= 4 is 57.4 Å². The molecule has 190 valence electrons. The van der Waals surface area contributed by atoms with Crippen LogP contribution in [0.25, 0.3) is 0 Å². The summed E-state index contributed by atoms with van der Waals surface area (Å²) in [4.78, 5) is 0. The molecule has 8 nitrogen and oxygen atoms in total. The fourth-order valence-corrected chi connectivity index (χ4v) is 18.2. The van der Waals surface area contributed by atoms with Crippen molar-refractivity contribution in [2.45, 2.75) is 61.4 Å². The van der Waals surface area contributed by atoms with Gasteiger partial charge >= 0.3 is 16.8 Å². The first kappa shape index (κ1) is 38.8. The van der Waals surface area contributed by atoms with Crippen molar-refractivity contribution in [1.82, 2.24) is 12.3 Å². The lowest BCUT2D eigenvalue weighted by atomic mass is 10.9. The van der Waals surface area contributed by atoms with E-state index in [4.69, 9.17) is 38.2 Å². The molecule has 0 aromatic heterocycles. The molecule has 0 aliphatic heterocycles. The summed E-state index contributed by atoms with van der Waals surface area (Å²) >= 11 is 9.08. The molecule has 0 aliphatic carbocycles. The Morgan fingerprint density at radius 1 is 0.633 bits per heavy atom. The minimum Gasteiger partial charge on any atom is -0.374 e. The Bertz CT molecular complexity index is 345. The van der Waals surface area contributed by atoms with Crippen LogP contribution in [0.2, 0.25) is 6.04 Å².